The van der Waals surface area contributed by atoms with Crippen molar-refractivity contribution in [3.8, 4) is 0 Å². The lowest BCUT2D eigenvalue weighted by molar-refractivity contribution is 0.601. The molecule has 0 amide bonds. The fourth-order valence-corrected chi connectivity index (χ4v) is 3.24. The topological polar surface area (TPSA) is 97.7 Å². The molecule has 0 bridgehead atoms. The summed E-state index contributed by atoms with van der Waals surface area (Å²) >= 11 is 5.84. The maximum atomic E-state index is 11.8. The van der Waals surface area contributed by atoms with Crippen LogP contribution in [0.15, 0.2) is 30.7 Å². The van der Waals surface area contributed by atoms with Gasteiger partial charge < -0.3 is 5.32 Å². The van der Waals surface area contributed by atoms with Crippen molar-refractivity contribution in [2.45, 2.75) is 12.7 Å². The van der Waals surface area contributed by atoms with E-state index in [4.69, 9.17) is 11.6 Å². The second-order valence-corrected chi connectivity index (χ2v) is 7.86. The molecule has 0 atom stereocenters. The summed E-state index contributed by atoms with van der Waals surface area (Å²) in [5.41, 5.74) is 3.07. The summed E-state index contributed by atoms with van der Waals surface area (Å²) in [6, 6.07) is 3.53. The molecule has 0 radical (unpaired) electrons. The molecule has 2 aromatic heterocycles. The highest BCUT2D eigenvalue weighted by atomic mass is 35.5. The van der Waals surface area contributed by atoms with Crippen LogP contribution in [0.25, 0.3) is 11.0 Å². The lowest BCUT2D eigenvalue weighted by Gasteiger charge is -2.14. The van der Waals surface area contributed by atoms with E-state index in [9.17, 15) is 8.42 Å². The Labute approximate surface area is 144 Å². The van der Waals surface area contributed by atoms with Gasteiger partial charge in [0, 0.05) is 41.7 Å². The number of aromatic nitrogens is 4. The summed E-state index contributed by atoms with van der Waals surface area (Å²) in [4.78, 5) is 16.6. The first-order chi connectivity index (χ1) is 11.3. The molecule has 0 spiro atoms. The van der Waals surface area contributed by atoms with Gasteiger partial charge in [0.25, 0.3) is 0 Å². The number of rotatable bonds is 4. The van der Waals surface area contributed by atoms with Crippen molar-refractivity contribution < 1.29 is 8.42 Å². The van der Waals surface area contributed by atoms with E-state index in [1.165, 1.54) is 12.5 Å². The summed E-state index contributed by atoms with van der Waals surface area (Å²) < 4.78 is 23.7. The average molecular weight is 364 g/mol. The number of aryl methyl sites for hydroxylation is 1. The van der Waals surface area contributed by atoms with Gasteiger partial charge in [-0.3, -0.25) is 9.97 Å². The minimum absolute atomic E-state index is 0.105. The van der Waals surface area contributed by atoms with E-state index in [-0.39, 0.29) is 11.0 Å². The number of nitrogens with zero attached hydrogens (tertiary/aromatic N) is 4. The van der Waals surface area contributed by atoms with E-state index in [0.29, 0.717) is 28.1 Å². The van der Waals surface area contributed by atoms with Crippen molar-refractivity contribution in [1.29, 1.82) is 0 Å². The molecule has 7 nitrogen and oxygen atoms in total. The zero-order valence-electron chi connectivity index (χ0n) is 13.0. The van der Waals surface area contributed by atoms with Gasteiger partial charge in [-0.2, -0.15) is 0 Å². The Morgan fingerprint density at radius 1 is 1.17 bits per heavy atom. The van der Waals surface area contributed by atoms with E-state index < -0.39 is 9.84 Å². The average Bonchev–Trinajstić information content (AvgIpc) is 2.52. The van der Waals surface area contributed by atoms with Gasteiger partial charge in [-0.15, -0.1) is 0 Å². The highest BCUT2D eigenvalue weighted by Crippen LogP contribution is 2.28. The van der Waals surface area contributed by atoms with Gasteiger partial charge in [-0.1, -0.05) is 0 Å². The Kier molecular flexibility index (Phi) is 4.33. The normalized spacial score (nSPS) is 11.6. The first-order valence-electron chi connectivity index (χ1n) is 7.00. The number of hydrogen-bond acceptors (Lipinski definition) is 7. The summed E-state index contributed by atoms with van der Waals surface area (Å²) in [6.45, 7) is 1.83. The zero-order chi connectivity index (χ0) is 17.3. The number of halogens is 1. The smallest absolute Gasteiger partial charge is 0.224 e. The number of benzene rings is 1. The molecule has 9 heteroatoms. The number of sulfone groups is 1. The van der Waals surface area contributed by atoms with Crippen molar-refractivity contribution in [2.75, 3.05) is 11.6 Å². The molecule has 1 aromatic carbocycles. The lowest BCUT2D eigenvalue weighted by atomic mass is 10.1. The van der Waals surface area contributed by atoms with Gasteiger partial charge >= 0.3 is 0 Å². The quantitative estimate of drug-likeness (QED) is 0.711. The van der Waals surface area contributed by atoms with Crippen molar-refractivity contribution in [3.63, 3.8) is 0 Å². The van der Waals surface area contributed by atoms with Crippen molar-refractivity contribution in [3.05, 3.63) is 47.1 Å². The van der Waals surface area contributed by atoms with Crippen LogP contribution >= 0.6 is 11.6 Å². The molecule has 0 fully saturated rings. The SMILES string of the molecule is Cc1cnc(Cl)nc1Nc1ccc2nccnc2c1CS(C)(=O)=O. The Hall–Kier alpha value is -2.32. The second kappa shape index (κ2) is 6.29. The van der Waals surface area contributed by atoms with Crippen LogP contribution in [0, 0.1) is 6.92 Å². The Morgan fingerprint density at radius 2 is 1.92 bits per heavy atom. The number of nitrogens with one attached hydrogen (secondary N) is 1. The highest BCUT2D eigenvalue weighted by molar-refractivity contribution is 7.89. The van der Waals surface area contributed by atoms with Crippen molar-refractivity contribution >= 4 is 44.0 Å². The Bertz CT molecular complexity index is 1020. The van der Waals surface area contributed by atoms with Crippen LogP contribution in [0.3, 0.4) is 0 Å². The number of hydrogen-bond donors (Lipinski definition) is 1. The standard InChI is InChI=1S/C15H14ClN5O2S/c1-9-7-19-15(16)21-14(9)20-11-3-4-12-13(18-6-5-17-12)10(11)8-24(2,22)23/h3-7H,8H2,1-2H3,(H,19,20,21). The van der Waals surface area contributed by atoms with Crippen LogP contribution in [-0.2, 0) is 15.6 Å². The van der Waals surface area contributed by atoms with Gasteiger partial charge in [-0.05, 0) is 30.7 Å². The van der Waals surface area contributed by atoms with Crippen LogP contribution in [0.4, 0.5) is 11.5 Å². The molecule has 0 aliphatic rings. The van der Waals surface area contributed by atoms with Gasteiger partial charge in [0.1, 0.15) is 5.82 Å². The third-order valence-corrected chi connectivity index (χ3v) is 4.34. The molecule has 0 aliphatic carbocycles. The molecular formula is C15H14ClN5O2S. The third-order valence-electron chi connectivity index (χ3n) is 3.35. The highest BCUT2D eigenvalue weighted by Gasteiger charge is 2.16. The number of anilines is 2. The van der Waals surface area contributed by atoms with Crippen LogP contribution in [0.2, 0.25) is 5.28 Å². The van der Waals surface area contributed by atoms with Gasteiger partial charge in [-0.25, -0.2) is 18.4 Å². The third kappa shape index (κ3) is 3.60. The van der Waals surface area contributed by atoms with Gasteiger partial charge in [0.05, 0.1) is 16.8 Å². The van der Waals surface area contributed by atoms with Crippen LogP contribution < -0.4 is 5.32 Å². The van der Waals surface area contributed by atoms with E-state index in [2.05, 4.69) is 25.3 Å². The van der Waals surface area contributed by atoms with Gasteiger partial charge in [0.15, 0.2) is 9.84 Å². The molecule has 0 saturated heterocycles. The predicted molar refractivity (Wildman–Crippen MR) is 93.1 cm³/mol. The fraction of sp³-hybridized carbons (Fsp3) is 0.200. The maximum Gasteiger partial charge on any atom is 0.224 e. The van der Waals surface area contributed by atoms with Crippen molar-refractivity contribution in [2.24, 2.45) is 0 Å². The van der Waals surface area contributed by atoms with E-state index >= 15 is 0 Å². The maximum absolute atomic E-state index is 11.8. The van der Waals surface area contributed by atoms with E-state index in [1.54, 1.807) is 24.5 Å². The Balaban J connectivity index is 2.16. The molecule has 124 valence electrons. The van der Waals surface area contributed by atoms with Gasteiger partial charge in [0.2, 0.25) is 5.28 Å². The zero-order valence-corrected chi connectivity index (χ0v) is 14.6. The van der Waals surface area contributed by atoms with E-state index in [0.717, 1.165) is 5.56 Å². The summed E-state index contributed by atoms with van der Waals surface area (Å²) in [5.74, 6) is 0.344. The monoisotopic (exact) mass is 363 g/mol. The van der Waals surface area contributed by atoms with E-state index in [1.807, 2.05) is 6.92 Å². The number of fused-ring (bicyclic) bond motifs is 1. The summed E-state index contributed by atoms with van der Waals surface area (Å²) in [7, 11) is -3.27. The molecule has 0 saturated carbocycles. The molecular weight excluding hydrogens is 350 g/mol. The summed E-state index contributed by atoms with van der Waals surface area (Å²) in [5, 5.41) is 3.23. The summed E-state index contributed by atoms with van der Waals surface area (Å²) in [6.07, 6.45) is 5.87. The van der Waals surface area contributed by atoms with Crippen LogP contribution in [0.1, 0.15) is 11.1 Å². The first-order valence-corrected chi connectivity index (χ1v) is 9.44. The largest absolute Gasteiger partial charge is 0.340 e. The van der Waals surface area contributed by atoms with Crippen molar-refractivity contribution in [1.82, 2.24) is 19.9 Å². The van der Waals surface area contributed by atoms with Crippen LogP contribution in [0.5, 0.6) is 0 Å². The predicted octanol–water partition coefficient (Wildman–Crippen LogP) is 2.67. The molecule has 0 aliphatic heterocycles. The van der Waals surface area contributed by atoms with Crippen LogP contribution in [-0.4, -0.2) is 34.6 Å². The fourth-order valence-electron chi connectivity index (χ4n) is 2.29. The second-order valence-electron chi connectivity index (χ2n) is 5.38. The lowest BCUT2D eigenvalue weighted by Crippen LogP contribution is -2.07. The molecule has 0 unspecified atom stereocenters. The molecule has 24 heavy (non-hydrogen) atoms. The first kappa shape index (κ1) is 16.5. The molecule has 3 rings (SSSR count). The molecule has 3 aromatic rings. The molecule has 2 heterocycles. The molecule has 1 N–H and O–H groups in total. The minimum Gasteiger partial charge on any atom is -0.340 e. The minimum atomic E-state index is -3.27. The Morgan fingerprint density at radius 3 is 2.67 bits per heavy atom.